The van der Waals surface area contributed by atoms with E-state index in [0.717, 1.165) is 22.8 Å². The van der Waals surface area contributed by atoms with Crippen molar-refractivity contribution in [3.8, 4) is 0 Å². The summed E-state index contributed by atoms with van der Waals surface area (Å²) in [6, 6.07) is 33.7. The highest BCUT2D eigenvalue weighted by Crippen LogP contribution is 2.52. The number of halogens is 3. The number of aromatic nitrogens is 2. The molecule has 0 unspecified atom stereocenters. The molecule has 6 rings (SSSR count). The van der Waals surface area contributed by atoms with Crippen LogP contribution in [0.2, 0.25) is 0 Å². The summed E-state index contributed by atoms with van der Waals surface area (Å²) in [4.78, 5) is 23.7. The molecule has 0 aliphatic carbocycles. The van der Waals surface area contributed by atoms with Crippen LogP contribution in [0.5, 0.6) is 0 Å². The molecule has 1 aliphatic heterocycles. The van der Waals surface area contributed by atoms with Crippen LogP contribution in [0.15, 0.2) is 109 Å². The summed E-state index contributed by atoms with van der Waals surface area (Å²) in [6.45, 7) is 2.16. The van der Waals surface area contributed by atoms with E-state index >= 15 is 0 Å². The molecule has 5 aromatic rings. The Hall–Kier alpha value is -4.67. The average molecular weight is 670 g/mol. The highest BCUT2D eigenvalue weighted by Gasteiger charge is 2.44. The number of hydrogen-bond donors (Lipinski definition) is 0. The van der Waals surface area contributed by atoms with E-state index in [0.29, 0.717) is 30.7 Å². The molecule has 0 amide bonds. The number of benzene rings is 4. The van der Waals surface area contributed by atoms with Crippen LogP contribution in [0.25, 0.3) is 0 Å². The lowest BCUT2D eigenvalue weighted by atomic mass is 9.84. The zero-order valence-electron chi connectivity index (χ0n) is 26.5. The van der Waals surface area contributed by atoms with E-state index in [-0.39, 0.29) is 35.8 Å². The highest BCUT2D eigenvalue weighted by molar-refractivity contribution is 8.01. The first-order chi connectivity index (χ1) is 23.3. The van der Waals surface area contributed by atoms with E-state index in [2.05, 4.69) is 46.4 Å². The second kappa shape index (κ2) is 14.6. The standard InChI is InChI=1S/C38H34F3N3O3S/c1-25-18-35(36(45)46-2)43-37(42-25)44-22-31(20-30(44)24-47-23-26-19-33(40)34(41)21-32(26)39)48-38(27-12-6-3-7-13-27,28-14-8-4-9-15-28)29-16-10-5-11-17-29/h3-19,21,30-31H,20,22-24H2,1-2H3/t30-,31+/m0/s1. The van der Waals surface area contributed by atoms with Gasteiger partial charge in [-0.2, -0.15) is 0 Å². The van der Waals surface area contributed by atoms with Gasteiger partial charge in [-0.1, -0.05) is 91.0 Å². The Morgan fingerprint density at radius 3 is 1.96 bits per heavy atom. The number of hydrogen-bond acceptors (Lipinski definition) is 7. The molecule has 0 N–H and O–H groups in total. The summed E-state index contributed by atoms with van der Waals surface area (Å²) in [6.07, 6.45) is 0.629. The number of carbonyl (C=O) groups excluding carboxylic acids is 1. The molecule has 4 aromatic carbocycles. The number of esters is 1. The Bertz CT molecular complexity index is 1770. The molecule has 246 valence electrons. The first kappa shape index (κ1) is 33.2. The maximum Gasteiger partial charge on any atom is 0.356 e. The van der Waals surface area contributed by atoms with E-state index in [9.17, 15) is 18.0 Å². The smallest absolute Gasteiger partial charge is 0.356 e. The van der Waals surface area contributed by atoms with Gasteiger partial charge >= 0.3 is 5.97 Å². The fourth-order valence-electron chi connectivity index (χ4n) is 6.20. The molecular formula is C38H34F3N3O3S. The van der Waals surface area contributed by atoms with Gasteiger partial charge in [0.1, 0.15) is 5.82 Å². The monoisotopic (exact) mass is 669 g/mol. The van der Waals surface area contributed by atoms with Crippen LogP contribution >= 0.6 is 11.8 Å². The number of thioether (sulfide) groups is 1. The number of anilines is 1. The third-order valence-corrected chi connectivity index (χ3v) is 10.1. The molecule has 0 radical (unpaired) electrons. The third-order valence-electron chi connectivity index (χ3n) is 8.41. The van der Waals surface area contributed by atoms with Crippen molar-refractivity contribution in [1.82, 2.24) is 9.97 Å². The molecule has 0 spiro atoms. The molecule has 6 nitrogen and oxygen atoms in total. The number of methoxy groups -OCH3 is 1. The van der Waals surface area contributed by atoms with E-state index in [1.807, 2.05) is 71.3 Å². The maximum atomic E-state index is 14.4. The molecule has 48 heavy (non-hydrogen) atoms. The van der Waals surface area contributed by atoms with Crippen LogP contribution in [-0.2, 0) is 20.8 Å². The van der Waals surface area contributed by atoms with Gasteiger partial charge in [-0.25, -0.2) is 27.9 Å². The molecule has 0 bridgehead atoms. The third kappa shape index (κ3) is 6.95. The van der Waals surface area contributed by atoms with Gasteiger partial charge in [0.25, 0.3) is 0 Å². The molecule has 2 heterocycles. The minimum absolute atomic E-state index is 0.00455. The van der Waals surface area contributed by atoms with Crippen molar-refractivity contribution in [3.63, 3.8) is 0 Å². The van der Waals surface area contributed by atoms with Crippen molar-refractivity contribution < 1.29 is 27.4 Å². The van der Waals surface area contributed by atoms with Crippen molar-refractivity contribution in [2.75, 3.05) is 25.2 Å². The van der Waals surface area contributed by atoms with Crippen molar-refractivity contribution in [1.29, 1.82) is 0 Å². The van der Waals surface area contributed by atoms with Gasteiger partial charge < -0.3 is 14.4 Å². The number of ether oxygens (including phenoxy) is 2. The SMILES string of the molecule is COC(=O)c1cc(C)nc(N2C[C@H](SC(c3ccccc3)(c3ccccc3)c3ccccc3)C[C@H]2COCc2cc(F)c(F)cc2F)n1. The summed E-state index contributed by atoms with van der Waals surface area (Å²) in [7, 11) is 1.30. The maximum absolute atomic E-state index is 14.4. The van der Waals surface area contributed by atoms with E-state index in [1.165, 1.54) is 7.11 Å². The summed E-state index contributed by atoms with van der Waals surface area (Å²) >= 11 is 1.82. The molecule has 1 aliphatic rings. The van der Waals surface area contributed by atoms with Gasteiger partial charge in [-0.15, -0.1) is 11.8 Å². The van der Waals surface area contributed by atoms with Gasteiger partial charge in [0, 0.05) is 29.1 Å². The Morgan fingerprint density at radius 1 is 0.833 bits per heavy atom. The topological polar surface area (TPSA) is 64.5 Å². The summed E-state index contributed by atoms with van der Waals surface area (Å²) in [5, 5.41) is 0.00455. The van der Waals surface area contributed by atoms with Gasteiger partial charge in [-0.3, -0.25) is 0 Å². The Balaban J connectivity index is 1.37. The van der Waals surface area contributed by atoms with Crippen molar-refractivity contribution >= 4 is 23.7 Å². The Kier molecular flexibility index (Phi) is 10.1. The number of nitrogens with zero attached hydrogens (tertiary/aromatic N) is 3. The summed E-state index contributed by atoms with van der Waals surface area (Å²) < 4.78 is 52.2. The lowest BCUT2D eigenvalue weighted by molar-refractivity contribution is 0.0593. The van der Waals surface area contributed by atoms with Gasteiger partial charge in [0.15, 0.2) is 17.3 Å². The minimum Gasteiger partial charge on any atom is -0.464 e. The lowest BCUT2D eigenvalue weighted by Gasteiger charge is -2.37. The van der Waals surface area contributed by atoms with Gasteiger partial charge in [-0.05, 0) is 42.2 Å². The molecule has 1 fully saturated rings. The molecule has 10 heteroatoms. The molecular weight excluding hydrogens is 635 g/mol. The molecule has 0 saturated carbocycles. The lowest BCUT2D eigenvalue weighted by Crippen LogP contribution is -2.35. The van der Waals surface area contributed by atoms with Crippen LogP contribution in [0.3, 0.4) is 0 Å². The second-order valence-electron chi connectivity index (χ2n) is 11.6. The van der Waals surface area contributed by atoms with Crippen molar-refractivity contribution in [3.05, 3.63) is 160 Å². The predicted molar refractivity (Wildman–Crippen MR) is 180 cm³/mol. The molecule has 1 saturated heterocycles. The molecule has 1 aromatic heterocycles. The van der Waals surface area contributed by atoms with Crippen LogP contribution in [0.1, 0.15) is 44.9 Å². The number of rotatable bonds is 11. The predicted octanol–water partition coefficient (Wildman–Crippen LogP) is 7.88. The zero-order valence-corrected chi connectivity index (χ0v) is 27.3. The van der Waals surface area contributed by atoms with E-state index < -0.39 is 28.2 Å². The second-order valence-corrected chi connectivity index (χ2v) is 13.1. The number of carbonyl (C=O) groups is 1. The normalized spacial score (nSPS) is 16.2. The quantitative estimate of drug-likeness (QED) is 0.0806. The van der Waals surface area contributed by atoms with Gasteiger partial charge in [0.2, 0.25) is 5.95 Å². The highest BCUT2D eigenvalue weighted by atomic mass is 32.2. The minimum atomic E-state index is -1.25. The van der Waals surface area contributed by atoms with Crippen LogP contribution in [0, 0.1) is 24.4 Å². The van der Waals surface area contributed by atoms with Crippen molar-refractivity contribution in [2.24, 2.45) is 0 Å². The van der Waals surface area contributed by atoms with E-state index in [1.54, 1.807) is 13.0 Å². The fraction of sp³-hybridized carbons (Fsp3) is 0.237. The first-order valence-electron chi connectivity index (χ1n) is 15.5. The zero-order chi connectivity index (χ0) is 33.7. The number of aryl methyl sites for hydroxylation is 1. The fourth-order valence-corrected chi connectivity index (χ4v) is 8.07. The van der Waals surface area contributed by atoms with Crippen molar-refractivity contribution in [2.45, 2.75) is 36.0 Å². The molecule has 2 atom stereocenters. The first-order valence-corrected chi connectivity index (χ1v) is 16.4. The van der Waals surface area contributed by atoms with Gasteiger partial charge in [0.05, 0.1) is 31.1 Å². The summed E-state index contributed by atoms with van der Waals surface area (Å²) in [5.74, 6) is -3.51. The Morgan fingerprint density at radius 2 is 1.40 bits per heavy atom. The van der Waals surface area contributed by atoms with Crippen LogP contribution < -0.4 is 4.90 Å². The average Bonchev–Trinajstić information content (AvgIpc) is 3.52. The van der Waals surface area contributed by atoms with E-state index in [4.69, 9.17) is 9.47 Å². The largest absolute Gasteiger partial charge is 0.464 e. The van der Waals surface area contributed by atoms with Crippen LogP contribution in [-0.4, -0.2) is 47.5 Å². The van der Waals surface area contributed by atoms with Crippen LogP contribution in [0.4, 0.5) is 19.1 Å². The Labute approximate surface area is 282 Å². The summed E-state index contributed by atoms with van der Waals surface area (Å²) in [5.41, 5.74) is 3.99.